The van der Waals surface area contributed by atoms with Crippen molar-refractivity contribution in [3.63, 3.8) is 0 Å². The highest BCUT2D eigenvalue weighted by molar-refractivity contribution is 5.98. The van der Waals surface area contributed by atoms with Crippen LogP contribution >= 0.6 is 0 Å². The van der Waals surface area contributed by atoms with Crippen molar-refractivity contribution in [3.05, 3.63) is 84.7 Å². The molecule has 2 N–H and O–H groups in total. The summed E-state index contributed by atoms with van der Waals surface area (Å²) in [5.41, 5.74) is 7.26. The minimum Gasteiger partial charge on any atom is -0.335 e. The Labute approximate surface area is 200 Å². The van der Waals surface area contributed by atoms with Crippen LogP contribution in [0, 0.1) is 5.82 Å². The van der Waals surface area contributed by atoms with Crippen molar-refractivity contribution in [2.45, 2.75) is 6.54 Å². The van der Waals surface area contributed by atoms with Crippen LogP contribution in [0.2, 0.25) is 0 Å². The number of hydrogen-bond acceptors (Lipinski definition) is 5. The molecule has 0 amide bonds. The molecule has 0 aliphatic carbocycles. The Kier molecular flexibility index (Phi) is 5.08. The summed E-state index contributed by atoms with van der Waals surface area (Å²) in [7, 11) is 4.08. The molecule has 35 heavy (non-hydrogen) atoms. The van der Waals surface area contributed by atoms with Crippen molar-refractivity contribution >= 4 is 21.9 Å². The number of nitrogens with zero attached hydrogens (tertiary/aromatic N) is 5. The number of fused-ring (bicyclic) bond motifs is 2. The third-order valence-electron chi connectivity index (χ3n) is 5.97. The minimum atomic E-state index is -0.314. The lowest BCUT2D eigenvalue weighted by Gasteiger charge is -2.10. The Bertz CT molecular complexity index is 1680. The number of imidazole rings is 1. The first-order valence-corrected chi connectivity index (χ1v) is 11.2. The molecule has 0 aliphatic rings. The van der Waals surface area contributed by atoms with Gasteiger partial charge in [-0.3, -0.25) is 15.1 Å². The van der Waals surface area contributed by atoms with E-state index >= 15 is 0 Å². The summed E-state index contributed by atoms with van der Waals surface area (Å²) in [5, 5.41) is 8.56. The van der Waals surface area contributed by atoms with Gasteiger partial charge in [0, 0.05) is 47.2 Å². The zero-order valence-corrected chi connectivity index (χ0v) is 19.2. The van der Waals surface area contributed by atoms with Crippen molar-refractivity contribution < 1.29 is 4.39 Å². The van der Waals surface area contributed by atoms with Gasteiger partial charge in [-0.25, -0.2) is 9.37 Å². The molecule has 0 saturated heterocycles. The summed E-state index contributed by atoms with van der Waals surface area (Å²) >= 11 is 0. The first-order valence-electron chi connectivity index (χ1n) is 11.2. The van der Waals surface area contributed by atoms with Crippen LogP contribution in [0.25, 0.3) is 55.7 Å². The van der Waals surface area contributed by atoms with Gasteiger partial charge in [-0.05, 0) is 49.5 Å². The predicted octanol–water partition coefficient (Wildman–Crippen LogP) is 5.43. The van der Waals surface area contributed by atoms with E-state index in [1.807, 2.05) is 32.6 Å². The maximum atomic E-state index is 14.5. The number of H-pyrrole nitrogens is 2. The molecule has 0 radical (unpaired) electrons. The molecule has 6 aromatic rings. The second kappa shape index (κ2) is 8.41. The molecule has 0 fully saturated rings. The smallest absolute Gasteiger partial charge is 0.159 e. The average molecular weight is 464 g/mol. The highest BCUT2D eigenvalue weighted by Gasteiger charge is 2.17. The van der Waals surface area contributed by atoms with Crippen LogP contribution in [0.3, 0.4) is 0 Å². The molecule has 2 aromatic carbocycles. The van der Waals surface area contributed by atoms with Gasteiger partial charge in [0.05, 0.1) is 17.2 Å². The van der Waals surface area contributed by atoms with Crippen molar-refractivity contribution in [1.29, 1.82) is 0 Å². The second-order valence-electron chi connectivity index (χ2n) is 8.80. The summed E-state index contributed by atoms with van der Waals surface area (Å²) in [6, 6.07) is 14.9. The van der Waals surface area contributed by atoms with Crippen molar-refractivity contribution in [2.24, 2.45) is 0 Å². The average Bonchev–Trinajstić information content (AvgIpc) is 3.47. The maximum absolute atomic E-state index is 14.5. The maximum Gasteiger partial charge on any atom is 0.159 e. The molecule has 0 saturated carbocycles. The van der Waals surface area contributed by atoms with E-state index < -0.39 is 0 Å². The molecule has 0 aliphatic heterocycles. The summed E-state index contributed by atoms with van der Waals surface area (Å²) in [6.45, 7) is 0.817. The van der Waals surface area contributed by atoms with Crippen molar-refractivity contribution in [2.75, 3.05) is 14.1 Å². The van der Waals surface area contributed by atoms with E-state index in [-0.39, 0.29) is 5.82 Å². The fraction of sp³-hybridized carbons (Fsp3) is 0.111. The molecule has 172 valence electrons. The molecule has 8 heteroatoms. The highest BCUT2D eigenvalue weighted by Crippen LogP contribution is 2.33. The molecule has 0 unspecified atom stereocenters. The summed E-state index contributed by atoms with van der Waals surface area (Å²) < 4.78 is 14.5. The van der Waals surface area contributed by atoms with Gasteiger partial charge in [0.2, 0.25) is 0 Å². The van der Waals surface area contributed by atoms with Gasteiger partial charge >= 0.3 is 0 Å². The first-order chi connectivity index (χ1) is 17.1. The molecule has 0 bridgehead atoms. The summed E-state index contributed by atoms with van der Waals surface area (Å²) in [5.74, 6) is 0.278. The van der Waals surface area contributed by atoms with Gasteiger partial charge in [0.15, 0.2) is 5.82 Å². The van der Waals surface area contributed by atoms with E-state index in [0.717, 1.165) is 34.1 Å². The lowest BCUT2D eigenvalue weighted by atomic mass is 10.0. The molecular formula is C27H22FN7. The van der Waals surface area contributed by atoms with Crippen LogP contribution in [0.1, 0.15) is 5.56 Å². The van der Waals surface area contributed by atoms with Crippen LogP contribution in [-0.4, -0.2) is 49.1 Å². The normalized spacial score (nSPS) is 11.7. The lowest BCUT2D eigenvalue weighted by molar-refractivity contribution is 0.402. The van der Waals surface area contributed by atoms with Gasteiger partial charge in [-0.15, -0.1) is 0 Å². The number of hydrogen-bond donors (Lipinski definition) is 2. The van der Waals surface area contributed by atoms with Gasteiger partial charge in [0.1, 0.15) is 17.0 Å². The topological polar surface area (TPSA) is 86.4 Å². The first kappa shape index (κ1) is 21.1. The third kappa shape index (κ3) is 3.83. The Morgan fingerprint density at radius 3 is 2.57 bits per heavy atom. The quantitative estimate of drug-likeness (QED) is 0.356. The van der Waals surface area contributed by atoms with E-state index in [0.29, 0.717) is 33.7 Å². The summed E-state index contributed by atoms with van der Waals surface area (Å²) in [6.07, 6.45) is 7.09. The van der Waals surface area contributed by atoms with Crippen molar-refractivity contribution in [1.82, 2.24) is 35.0 Å². The Morgan fingerprint density at radius 2 is 1.71 bits per heavy atom. The van der Waals surface area contributed by atoms with E-state index in [1.54, 1.807) is 30.6 Å². The Balaban J connectivity index is 1.46. The van der Waals surface area contributed by atoms with E-state index in [4.69, 9.17) is 4.98 Å². The molecule has 0 spiro atoms. The van der Waals surface area contributed by atoms with Crippen LogP contribution in [0.5, 0.6) is 0 Å². The van der Waals surface area contributed by atoms with Crippen LogP contribution < -0.4 is 0 Å². The zero-order valence-electron chi connectivity index (χ0n) is 19.2. The number of benzene rings is 2. The van der Waals surface area contributed by atoms with Crippen molar-refractivity contribution in [3.8, 4) is 33.8 Å². The number of halogens is 1. The monoisotopic (exact) mass is 463 g/mol. The van der Waals surface area contributed by atoms with Gasteiger partial charge in [-0.2, -0.15) is 5.10 Å². The number of pyridine rings is 2. The molecule has 7 nitrogen and oxygen atoms in total. The molecule has 0 atom stereocenters. The van der Waals surface area contributed by atoms with Gasteiger partial charge in [0.25, 0.3) is 0 Å². The molecule has 6 rings (SSSR count). The Hall–Kier alpha value is -4.43. The lowest BCUT2D eigenvalue weighted by Crippen LogP contribution is -2.10. The number of aromatic amines is 2. The standard InChI is InChI=1S/C27H22FN7/c1-35(2)15-16-9-18(12-29-11-16)17-7-8-23-20(10-17)26(34-33-23)27-31-24-14-30-13-21(25(24)32-27)19-5-3-4-6-22(19)28/h3-14H,15H2,1-2H3,(H,31,32)(H,33,34). The fourth-order valence-corrected chi connectivity index (χ4v) is 4.39. The highest BCUT2D eigenvalue weighted by atomic mass is 19.1. The zero-order chi connectivity index (χ0) is 23.9. The molecule has 4 aromatic heterocycles. The SMILES string of the molecule is CN(C)Cc1cncc(-c2ccc3[nH]nc(-c4nc5c(-c6ccccc6F)cncc5[nH]4)c3c2)c1. The van der Waals surface area contributed by atoms with Crippen LogP contribution in [0.15, 0.2) is 73.3 Å². The van der Waals surface area contributed by atoms with E-state index in [9.17, 15) is 4.39 Å². The third-order valence-corrected chi connectivity index (χ3v) is 5.97. The number of aromatic nitrogens is 6. The van der Waals surface area contributed by atoms with Crippen LogP contribution in [0.4, 0.5) is 4.39 Å². The number of nitrogens with one attached hydrogen (secondary N) is 2. The molecule has 4 heterocycles. The fourth-order valence-electron chi connectivity index (χ4n) is 4.39. The predicted molar refractivity (Wildman–Crippen MR) is 135 cm³/mol. The molecular weight excluding hydrogens is 441 g/mol. The van der Waals surface area contributed by atoms with Crippen LogP contribution in [-0.2, 0) is 6.54 Å². The summed E-state index contributed by atoms with van der Waals surface area (Å²) in [4.78, 5) is 19.0. The second-order valence-corrected chi connectivity index (χ2v) is 8.80. The largest absolute Gasteiger partial charge is 0.335 e. The minimum absolute atomic E-state index is 0.314. The van der Waals surface area contributed by atoms with Gasteiger partial charge < -0.3 is 9.88 Å². The van der Waals surface area contributed by atoms with E-state index in [1.165, 1.54) is 6.07 Å². The van der Waals surface area contributed by atoms with Gasteiger partial charge in [-0.1, -0.05) is 24.3 Å². The van der Waals surface area contributed by atoms with E-state index in [2.05, 4.69) is 48.2 Å². The Morgan fingerprint density at radius 1 is 0.857 bits per heavy atom. The number of rotatable bonds is 5.